The Labute approximate surface area is 598 Å². The molecule has 18 aromatic carbocycles. The van der Waals surface area contributed by atoms with Crippen molar-refractivity contribution < 1.29 is 9.68 Å². The molecule has 1 N–H and O–H groups in total. The van der Waals surface area contributed by atoms with Gasteiger partial charge in [-0.1, -0.05) is 350 Å². The van der Waals surface area contributed by atoms with E-state index in [0.29, 0.717) is 13.4 Å². The van der Waals surface area contributed by atoms with Crippen molar-refractivity contribution in [2.75, 3.05) is 0 Å². The zero-order valence-corrected chi connectivity index (χ0v) is 56.0. The lowest BCUT2D eigenvalue weighted by Gasteiger charge is -2.20. The minimum absolute atomic E-state index is 0. The molecular formula is C97H65BBrO2. The van der Waals surface area contributed by atoms with Gasteiger partial charge in [-0.15, -0.1) is 0 Å². The minimum Gasteiger partial charge on any atom is -0.537 e. The van der Waals surface area contributed by atoms with E-state index >= 15 is 0 Å². The normalized spacial score (nSPS) is 10.8. The summed E-state index contributed by atoms with van der Waals surface area (Å²) in [4.78, 5) is 0. The number of fused-ring (bicyclic) bond motifs is 8. The lowest BCUT2D eigenvalue weighted by molar-refractivity contribution is 0.453. The smallest absolute Gasteiger partial charge is 0.537 e. The summed E-state index contributed by atoms with van der Waals surface area (Å²) < 4.78 is 6.04. The largest absolute Gasteiger partial charge is 0.569 e. The van der Waals surface area contributed by atoms with Gasteiger partial charge in [0.15, 0.2) is 0 Å². The second-order valence-corrected chi connectivity index (χ2v) is 25.6. The molecule has 2 nitrogen and oxygen atoms in total. The van der Waals surface area contributed by atoms with Crippen LogP contribution in [0.25, 0.3) is 142 Å². The molecule has 0 amide bonds. The van der Waals surface area contributed by atoms with Gasteiger partial charge in [-0.2, -0.15) is 0 Å². The standard InChI is InChI=1S/C48H30.C34H21Br.C14H10BO2.CH4/c1-2-14-33(15-3-1)28-29-36-18-4-7-21-38(36)37-30-31-45-46(32-37)48(42-27-13-20-35-17-6-9-23-40(35)42)44-25-11-10-24-43(44)47(45)41-26-12-19-34-16-5-8-22-39(34)41;35-24-19-20-31-32(21-24)34(28-18-8-12-23-10-2-4-14-26(23)28)30-16-6-5-15-29(30)33(31)27-17-7-11-22-9-1-3-13-25(22)27;16-15-17-14-9-5-4-8-13(14)11-10-12-6-2-1-3-7-12;/h1-27,30-32H;1-21H;1-9,16H;1H4. The fourth-order valence-corrected chi connectivity index (χ4v) is 14.7. The van der Waals surface area contributed by atoms with Crippen LogP contribution in [0.3, 0.4) is 0 Å². The molecule has 18 rings (SSSR count). The lowest BCUT2D eigenvalue weighted by Crippen LogP contribution is -2.01. The maximum Gasteiger partial charge on any atom is 0.569 e. The monoisotopic (exact) mass is 1350 g/mol. The van der Waals surface area contributed by atoms with Crippen molar-refractivity contribution >= 4 is 110 Å². The molecule has 0 aliphatic rings. The summed E-state index contributed by atoms with van der Waals surface area (Å²) in [6.45, 7) is 0. The molecule has 18 aromatic rings. The molecule has 1 radical (unpaired) electrons. The van der Waals surface area contributed by atoms with Crippen molar-refractivity contribution in [1.29, 1.82) is 0 Å². The highest BCUT2D eigenvalue weighted by Crippen LogP contribution is 2.50. The van der Waals surface area contributed by atoms with Gasteiger partial charge in [0.2, 0.25) is 0 Å². The molecule has 0 unspecified atom stereocenters. The van der Waals surface area contributed by atoms with Crippen LogP contribution in [0.5, 0.6) is 5.75 Å². The summed E-state index contributed by atoms with van der Waals surface area (Å²) in [5, 5.41) is 28.8. The summed E-state index contributed by atoms with van der Waals surface area (Å²) in [6.07, 6.45) is 0. The van der Waals surface area contributed by atoms with Gasteiger partial charge in [0, 0.05) is 21.2 Å². The molecule has 4 heteroatoms. The first-order chi connectivity index (χ1) is 49.5. The van der Waals surface area contributed by atoms with Crippen molar-refractivity contribution in [1.82, 2.24) is 0 Å². The quantitative estimate of drug-likeness (QED) is 0.0979. The molecule has 0 aromatic heterocycles. The molecule has 0 aliphatic carbocycles. The van der Waals surface area contributed by atoms with E-state index in [2.05, 4.69) is 331 Å². The molecule has 0 bridgehead atoms. The highest BCUT2D eigenvalue weighted by molar-refractivity contribution is 9.10. The Morgan fingerprint density at radius 2 is 0.554 bits per heavy atom. The predicted octanol–water partition coefficient (Wildman–Crippen LogP) is 25.7. The van der Waals surface area contributed by atoms with Crippen molar-refractivity contribution in [3.63, 3.8) is 0 Å². The van der Waals surface area contributed by atoms with Gasteiger partial charge in [0.05, 0.1) is 5.56 Å². The highest BCUT2D eigenvalue weighted by atomic mass is 79.9. The van der Waals surface area contributed by atoms with E-state index in [-0.39, 0.29) is 7.43 Å². The van der Waals surface area contributed by atoms with Crippen LogP contribution < -0.4 is 4.65 Å². The molecule has 0 heterocycles. The Bertz CT molecular complexity index is 6250. The average Bonchev–Trinajstić information content (AvgIpc) is 0.727. The Morgan fingerprint density at radius 1 is 0.248 bits per heavy atom. The Hall–Kier alpha value is -12.5. The summed E-state index contributed by atoms with van der Waals surface area (Å²) in [5.74, 6) is 13.5. The topological polar surface area (TPSA) is 29.5 Å². The number of benzene rings is 18. The number of halogens is 1. The van der Waals surface area contributed by atoms with Gasteiger partial charge in [-0.3, -0.25) is 0 Å². The van der Waals surface area contributed by atoms with Crippen molar-refractivity contribution in [3.8, 4) is 85.1 Å². The minimum atomic E-state index is 0. The molecule has 0 fully saturated rings. The number of hydrogen-bond acceptors (Lipinski definition) is 2. The Kier molecular flexibility index (Phi) is 18.7. The number of para-hydroxylation sites is 1. The summed E-state index contributed by atoms with van der Waals surface area (Å²) >= 11 is 3.77. The maximum absolute atomic E-state index is 8.63. The van der Waals surface area contributed by atoms with E-state index in [9.17, 15) is 0 Å². The fourth-order valence-electron chi connectivity index (χ4n) is 14.3. The number of rotatable bonds is 7. The van der Waals surface area contributed by atoms with E-state index in [1.807, 2.05) is 66.7 Å². The summed E-state index contributed by atoms with van der Waals surface area (Å²) in [5.41, 5.74) is 16.1. The zero-order chi connectivity index (χ0) is 67.1. The van der Waals surface area contributed by atoms with E-state index in [4.69, 9.17) is 9.68 Å². The van der Waals surface area contributed by atoms with E-state index < -0.39 is 0 Å². The molecule has 475 valence electrons. The van der Waals surface area contributed by atoms with Crippen LogP contribution in [0.15, 0.2) is 368 Å². The van der Waals surface area contributed by atoms with Gasteiger partial charge >= 0.3 is 7.69 Å². The van der Waals surface area contributed by atoms with Crippen LogP contribution in [0.4, 0.5) is 0 Å². The highest BCUT2D eigenvalue weighted by Gasteiger charge is 2.22. The number of hydrogen-bond donors (Lipinski definition) is 1. The van der Waals surface area contributed by atoms with Crippen LogP contribution in [-0.4, -0.2) is 12.7 Å². The van der Waals surface area contributed by atoms with E-state index in [1.165, 1.54) is 131 Å². The third-order valence-electron chi connectivity index (χ3n) is 18.8. The average molecular weight is 1350 g/mol. The van der Waals surface area contributed by atoms with Crippen LogP contribution in [-0.2, 0) is 0 Å². The van der Waals surface area contributed by atoms with Gasteiger partial charge in [0.1, 0.15) is 5.75 Å². The molecular weight excluding hydrogens is 1290 g/mol. The van der Waals surface area contributed by atoms with Crippen LogP contribution in [0.1, 0.15) is 29.7 Å². The van der Waals surface area contributed by atoms with Gasteiger partial charge in [-0.05, 0) is 202 Å². The van der Waals surface area contributed by atoms with Crippen molar-refractivity contribution in [2.45, 2.75) is 7.43 Å². The third kappa shape index (κ3) is 12.9. The second kappa shape index (κ2) is 29.3. The lowest BCUT2D eigenvalue weighted by atomic mass is 9.82. The summed E-state index contributed by atoms with van der Waals surface area (Å²) in [7, 11) is 0.656. The zero-order valence-electron chi connectivity index (χ0n) is 54.5. The van der Waals surface area contributed by atoms with Gasteiger partial charge in [0.25, 0.3) is 0 Å². The van der Waals surface area contributed by atoms with Crippen molar-refractivity contribution in [3.05, 3.63) is 391 Å². The van der Waals surface area contributed by atoms with Crippen LogP contribution in [0.2, 0.25) is 0 Å². The molecule has 0 saturated heterocycles. The molecule has 0 aliphatic heterocycles. The fraction of sp³-hybridized carbons (Fsp3) is 0.0103. The molecule has 0 saturated carbocycles. The van der Waals surface area contributed by atoms with Gasteiger partial charge < -0.3 is 9.68 Å². The Morgan fingerprint density at radius 3 is 0.990 bits per heavy atom. The predicted molar refractivity (Wildman–Crippen MR) is 434 cm³/mol. The van der Waals surface area contributed by atoms with Crippen LogP contribution in [0, 0.1) is 23.7 Å². The SMILES string of the molecule is Brc1ccc2c(-c3cccc4ccccc34)c3ccccc3c(-c3cccc4ccccc34)c2c1.C.C(#Cc1ccccc1-c1ccc2c(-c3cccc4ccccc34)c3ccccc3c(-c3cccc4ccccc34)c2c1)c1ccccc1.O[B]Oc1ccccc1C#Cc1ccccc1. The maximum atomic E-state index is 8.63. The van der Waals surface area contributed by atoms with E-state index in [0.717, 1.165) is 37.9 Å². The van der Waals surface area contributed by atoms with E-state index in [1.54, 1.807) is 6.07 Å². The van der Waals surface area contributed by atoms with Crippen molar-refractivity contribution in [2.24, 2.45) is 0 Å². The third-order valence-corrected chi connectivity index (χ3v) is 19.3. The Balaban J connectivity index is 0.000000136. The summed E-state index contributed by atoms with van der Waals surface area (Å²) in [6, 6.07) is 129. The first-order valence-corrected chi connectivity index (χ1v) is 34.3. The first kappa shape index (κ1) is 64.5. The van der Waals surface area contributed by atoms with Gasteiger partial charge in [-0.25, -0.2) is 0 Å². The molecule has 0 atom stereocenters. The first-order valence-electron chi connectivity index (χ1n) is 33.5. The van der Waals surface area contributed by atoms with Crippen LogP contribution >= 0.6 is 15.9 Å². The molecule has 101 heavy (non-hydrogen) atoms. The molecule has 0 spiro atoms. The second-order valence-electron chi connectivity index (χ2n) is 24.6.